The molecule has 2 bridgehead atoms. The highest BCUT2D eigenvalue weighted by Gasteiger charge is 2.49. The van der Waals surface area contributed by atoms with Crippen LogP contribution in [0.15, 0.2) is 35.5 Å². The molecule has 0 radical (unpaired) electrons. The third-order valence-corrected chi connectivity index (χ3v) is 4.97. The van der Waals surface area contributed by atoms with Crippen molar-refractivity contribution in [3.05, 3.63) is 35.5 Å². The van der Waals surface area contributed by atoms with Crippen molar-refractivity contribution >= 4 is 0 Å². The van der Waals surface area contributed by atoms with E-state index in [1.165, 1.54) is 0 Å². The molecule has 2 aliphatic rings. The standard InChI is InChI=1S/C14H20/c1-10-11(2)14(5)9-7-6-8-13(10,4)12(14)3/h6-9,12H,1-5H3. The van der Waals surface area contributed by atoms with Crippen LogP contribution in [0.5, 0.6) is 0 Å². The lowest BCUT2D eigenvalue weighted by molar-refractivity contribution is 0.246. The Morgan fingerprint density at radius 3 is 1.64 bits per heavy atom. The second-order valence-electron chi connectivity index (χ2n) is 5.26. The van der Waals surface area contributed by atoms with Gasteiger partial charge < -0.3 is 0 Å². The number of allylic oxidation sites excluding steroid dienone is 6. The van der Waals surface area contributed by atoms with Gasteiger partial charge in [-0.15, -0.1) is 0 Å². The summed E-state index contributed by atoms with van der Waals surface area (Å²) in [5.41, 5.74) is 3.66. The van der Waals surface area contributed by atoms with E-state index in [9.17, 15) is 0 Å². The molecule has 0 aromatic carbocycles. The Kier molecular flexibility index (Phi) is 1.83. The Bertz CT molecular complexity index is 322. The highest BCUT2D eigenvalue weighted by Crippen LogP contribution is 2.59. The monoisotopic (exact) mass is 188 g/mol. The maximum atomic E-state index is 2.38. The van der Waals surface area contributed by atoms with E-state index in [1.54, 1.807) is 11.1 Å². The van der Waals surface area contributed by atoms with Gasteiger partial charge in [-0.05, 0) is 19.8 Å². The van der Waals surface area contributed by atoms with Crippen LogP contribution < -0.4 is 0 Å². The molecule has 76 valence electrons. The molecule has 0 aliphatic heterocycles. The Morgan fingerprint density at radius 2 is 1.29 bits per heavy atom. The predicted octanol–water partition coefficient (Wildman–Crippen LogP) is 4.11. The Morgan fingerprint density at radius 1 is 0.929 bits per heavy atom. The number of hydrogen-bond donors (Lipinski definition) is 0. The van der Waals surface area contributed by atoms with E-state index in [0.29, 0.717) is 5.92 Å². The van der Waals surface area contributed by atoms with Crippen molar-refractivity contribution in [1.82, 2.24) is 0 Å². The van der Waals surface area contributed by atoms with E-state index >= 15 is 0 Å². The molecular formula is C14H20. The zero-order valence-corrected chi connectivity index (χ0v) is 9.89. The number of fused-ring (bicyclic) bond motifs is 2. The van der Waals surface area contributed by atoms with Crippen LogP contribution >= 0.6 is 0 Å². The average molecular weight is 188 g/mol. The molecule has 0 spiro atoms. The third-order valence-electron chi connectivity index (χ3n) is 4.97. The summed E-state index contributed by atoms with van der Waals surface area (Å²) < 4.78 is 0. The minimum absolute atomic E-state index is 0.266. The summed E-state index contributed by atoms with van der Waals surface area (Å²) in [6.07, 6.45) is 9.14. The molecular weight excluding hydrogens is 168 g/mol. The van der Waals surface area contributed by atoms with E-state index in [-0.39, 0.29) is 10.8 Å². The molecule has 0 heteroatoms. The quantitative estimate of drug-likeness (QED) is 0.502. The summed E-state index contributed by atoms with van der Waals surface area (Å²) >= 11 is 0. The van der Waals surface area contributed by atoms with Crippen LogP contribution in [0.4, 0.5) is 0 Å². The van der Waals surface area contributed by atoms with Crippen molar-refractivity contribution in [3.8, 4) is 0 Å². The lowest BCUT2D eigenvalue weighted by atomic mass is 9.69. The SMILES string of the molecule is CC1=C(C)C2(C)C=CC=CC1(C)C2C. The first kappa shape index (κ1) is 9.76. The van der Waals surface area contributed by atoms with Crippen LogP contribution in [0, 0.1) is 16.7 Å². The van der Waals surface area contributed by atoms with Crippen LogP contribution in [-0.2, 0) is 0 Å². The van der Waals surface area contributed by atoms with Crippen molar-refractivity contribution in [2.24, 2.45) is 16.7 Å². The highest BCUT2D eigenvalue weighted by molar-refractivity contribution is 5.43. The zero-order chi connectivity index (χ0) is 10.6. The second-order valence-corrected chi connectivity index (χ2v) is 5.26. The van der Waals surface area contributed by atoms with Gasteiger partial charge in [0.25, 0.3) is 0 Å². The largest absolute Gasteiger partial charge is 0.0742 e. The van der Waals surface area contributed by atoms with Gasteiger partial charge in [-0.25, -0.2) is 0 Å². The maximum Gasteiger partial charge on any atom is 0.0102 e. The van der Waals surface area contributed by atoms with E-state index in [4.69, 9.17) is 0 Å². The fourth-order valence-corrected chi connectivity index (χ4v) is 3.13. The van der Waals surface area contributed by atoms with Gasteiger partial charge >= 0.3 is 0 Å². The summed E-state index contributed by atoms with van der Waals surface area (Å²) in [5, 5.41) is 0. The molecule has 0 saturated carbocycles. The van der Waals surface area contributed by atoms with Crippen molar-refractivity contribution in [3.63, 3.8) is 0 Å². The third kappa shape index (κ3) is 0.893. The van der Waals surface area contributed by atoms with E-state index in [2.05, 4.69) is 58.9 Å². The molecule has 2 unspecified atom stereocenters. The van der Waals surface area contributed by atoms with Crippen LogP contribution in [0.2, 0.25) is 0 Å². The summed E-state index contributed by atoms with van der Waals surface area (Å²) in [6.45, 7) is 11.7. The van der Waals surface area contributed by atoms with Crippen molar-refractivity contribution in [1.29, 1.82) is 0 Å². The summed E-state index contributed by atoms with van der Waals surface area (Å²) in [6, 6.07) is 0. The molecule has 0 saturated heterocycles. The van der Waals surface area contributed by atoms with Gasteiger partial charge in [-0.3, -0.25) is 0 Å². The molecule has 0 aromatic rings. The first-order chi connectivity index (χ1) is 6.43. The highest BCUT2D eigenvalue weighted by atomic mass is 14.5. The normalized spacial score (nSPS) is 45.9. The average Bonchev–Trinajstić information content (AvgIpc) is 2.31. The maximum absolute atomic E-state index is 2.38. The van der Waals surface area contributed by atoms with Gasteiger partial charge in [0.2, 0.25) is 0 Å². The molecule has 2 atom stereocenters. The van der Waals surface area contributed by atoms with E-state index in [1.807, 2.05) is 0 Å². The number of rotatable bonds is 0. The lowest BCUT2D eigenvalue weighted by Gasteiger charge is -2.35. The molecule has 0 heterocycles. The lowest BCUT2D eigenvalue weighted by Crippen LogP contribution is -2.28. The fraction of sp³-hybridized carbons (Fsp3) is 0.571. The molecule has 0 nitrogen and oxygen atoms in total. The van der Waals surface area contributed by atoms with Crippen LogP contribution in [0.3, 0.4) is 0 Å². The van der Waals surface area contributed by atoms with Crippen molar-refractivity contribution in [2.75, 3.05) is 0 Å². The minimum Gasteiger partial charge on any atom is -0.0742 e. The van der Waals surface area contributed by atoms with Gasteiger partial charge in [0, 0.05) is 10.8 Å². The van der Waals surface area contributed by atoms with Crippen molar-refractivity contribution in [2.45, 2.75) is 34.6 Å². The molecule has 2 aliphatic carbocycles. The topological polar surface area (TPSA) is 0 Å². The van der Waals surface area contributed by atoms with E-state index in [0.717, 1.165) is 0 Å². The molecule has 14 heavy (non-hydrogen) atoms. The molecule has 0 amide bonds. The van der Waals surface area contributed by atoms with Gasteiger partial charge in [-0.2, -0.15) is 0 Å². The fourth-order valence-electron chi connectivity index (χ4n) is 3.13. The summed E-state index contributed by atoms with van der Waals surface area (Å²) in [5.74, 6) is 0.671. The van der Waals surface area contributed by atoms with Crippen LogP contribution in [0.25, 0.3) is 0 Å². The van der Waals surface area contributed by atoms with Crippen LogP contribution in [-0.4, -0.2) is 0 Å². The van der Waals surface area contributed by atoms with Gasteiger partial charge in [0.1, 0.15) is 0 Å². The Labute approximate surface area is 87.4 Å². The predicted molar refractivity (Wildman–Crippen MR) is 62.0 cm³/mol. The number of hydrogen-bond acceptors (Lipinski definition) is 0. The smallest absolute Gasteiger partial charge is 0.0102 e. The summed E-state index contributed by atoms with van der Waals surface area (Å²) in [7, 11) is 0. The second kappa shape index (κ2) is 2.62. The first-order valence-electron chi connectivity index (χ1n) is 5.48. The minimum atomic E-state index is 0.266. The zero-order valence-electron chi connectivity index (χ0n) is 9.89. The first-order valence-corrected chi connectivity index (χ1v) is 5.48. The van der Waals surface area contributed by atoms with Crippen molar-refractivity contribution < 1.29 is 0 Å². The van der Waals surface area contributed by atoms with Crippen LogP contribution in [0.1, 0.15) is 34.6 Å². The Balaban J connectivity index is 2.69. The molecule has 2 rings (SSSR count). The Hall–Kier alpha value is -0.780. The van der Waals surface area contributed by atoms with Gasteiger partial charge in [0.15, 0.2) is 0 Å². The molecule has 0 N–H and O–H groups in total. The van der Waals surface area contributed by atoms with E-state index < -0.39 is 0 Å². The van der Waals surface area contributed by atoms with Gasteiger partial charge in [0.05, 0.1) is 0 Å². The summed E-state index contributed by atoms with van der Waals surface area (Å²) in [4.78, 5) is 0. The van der Waals surface area contributed by atoms with Gasteiger partial charge in [-0.1, -0.05) is 56.2 Å². The molecule has 0 aromatic heterocycles. The molecule has 0 fully saturated rings.